The van der Waals surface area contributed by atoms with E-state index in [0.717, 1.165) is 146 Å². The standard InChI is InChI=1S/C78H83N8.Cu/c1-17-49-39(9)61-33-69-53(21-5)43(13)75(83-69)73(76-44(14)54(22-6)70(84-76)34-62-40(10)50(18-2)66(80-62)37-65(49)79-61)57-29-25-27-47-31-48-28-26-30-58(60(48)32-59(47)57)74-77-45(15)55(23-7)71(85-77)35-63-41(11)51(19-3)67(81-63)38-68-52(20-4)42(12)64(82-68)36-72-56(24-8)46(16)78(74)86-72;/h25-38,69,71,79,83-84H,17-24H2,1-16H3;/q-3;/b61-33-,62-34-,63-35-,64-36-,65-37-,67-38-,75-73-,77-74-;. The molecule has 0 amide bonds. The molecule has 0 saturated carbocycles. The third kappa shape index (κ3) is 9.35. The number of nitrogens with one attached hydrogen (secondary N) is 3. The van der Waals surface area contributed by atoms with E-state index < -0.39 is 0 Å². The number of nitrogens with zero attached hydrogens (tertiary/aromatic N) is 5. The van der Waals surface area contributed by atoms with Gasteiger partial charge in [0.05, 0.1) is 34.6 Å². The molecule has 87 heavy (non-hydrogen) atoms. The minimum Gasteiger partial charge on any atom is -0.674 e. The third-order valence-electron chi connectivity index (χ3n) is 20.4. The van der Waals surface area contributed by atoms with E-state index in [9.17, 15) is 0 Å². The van der Waals surface area contributed by atoms with E-state index in [0.29, 0.717) is 0 Å². The largest absolute Gasteiger partial charge is 0.674 e. The molecule has 1 radical (unpaired) electrons. The number of benzene rings is 3. The van der Waals surface area contributed by atoms with Crippen LogP contribution in [-0.4, -0.2) is 33.5 Å². The van der Waals surface area contributed by atoms with Gasteiger partial charge in [-0.3, -0.25) is 0 Å². The smallest absolute Gasteiger partial charge is 0.0693 e. The van der Waals surface area contributed by atoms with Gasteiger partial charge in [0, 0.05) is 44.7 Å². The maximum atomic E-state index is 5.88. The van der Waals surface area contributed by atoms with Gasteiger partial charge in [0.15, 0.2) is 0 Å². The summed E-state index contributed by atoms with van der Waals surface area (Å²) in [4.78, 5) is 30.2. The van der Waals surface area contributed by atoms with Crippen LogP contribution in [-0.2, 0) is 42.8 Å². The molecule has 0 saturated heterocycles. The van der Waals surface area contributed by atoms with Gasteiger partial charge in [-0.1, -0.05) is 143 Å². The zero-order chi connectivity index (χ0) is 60.3. The molecule has 2 atom stereocenters. The summed E-state index contributed by atoms with van der Waals surface area (Å²) in [5, 5.41) is 19.1. The average molecular weight is 1200 g/mol. The van der Waals surface area contributed by atoms with Crippen molar-refractivity contribution in [2.24, 2.45) is 9.98 Å². The topological polar surface area (TPSA) is 111 Å². The van der Waals surface area contributed by atoms with Crippen LogP contribution in [0.25, 0.3) is 74.5 Å². The summed E-state index contributed by atoms with van der Waals surface area (Å²) in [6, 6.07) is 18.5. The summed E-state index contributed by atoms with van der Waals surface area (Å²) < 4.78 is 0. The molecule has 4 aromatic heterocycles. The van der Waals surface area contributed by atoms with Gasteiger partial charge in [-0.15, -0.1) is 33.9 Å². The van der Waals surface area contributed by atoms with Crippen LogP contribution in [0.4, 0.5) is 0 Å². The van der Waals surface area contributed by atoms with Crippen molar-refractivity contribution in [1.82, 2.24) is 25.3 Å². The van der Waals surface area contributed by atoms with E-state index in [4.69, 9.17) is 25.3 Å². The van der Waals surface area contributed by atoms with Crippen molar-refractivity contribution >= 4 is 80.6 Å². The maximum Gasteiger partial charge on any atom is 0.0693 e. The van der Waals surface area contributed by atoms with Crippen LogP contribution in [0, 0.1) is 27.7 Å². The first-order valence-corrected chi connectivity index (χ1v) is 32.1. The fourth-order valence-electron chi connectivity index (χ4n) is 15.6. The van der Waals surface area contributed by atoms with Crippen LogP contribution in [0.1, 0.15) is 187 Å². The predicted octanol–water partition coefficient (Wildman–Crippen LogP) is 15.3. The Bertz CT molecular complexity index is 4450. The van der Waals surface area contributed by atoms with E-state index in [2.05, 4.69) is 211 Å². The Kier molecular flexibility index (Phi) is 15.7. The molecule has 10 heterocycles. The van der Waals surface area contributed by atoms with Gasteiger partial charge in [-0.05, 0) is 231 Å². The monoisotopic (exact) mass is 1190 g/mol. The molecule has 6 aliphatic heterocycles. The fourth-order valence-corrected chi connectivity index (χ4v) is 15.6. The second-order valence-electron chi connectivity index (χ2n) is 24.6. The maximum absolute atomic E-state index is 5.88. The van der Waals surface area contributed by atoms with Gasteiger partial charge in [0.1, 0.15) is 0 Å². The number of rotatable bonds is 10. The van der Waals surface area contributed by atoms with E-state index in [1.807, 2.05) is 0 Å². The Morgan fingerprint density at radius 3 is 1.74 bits per heavy atom. The van der Waals surface area contributed by atoms with Crippen molar-refractivity contribution in [2.45, 2.75) is 174 Å². The number of aromatic nitrogens is 4. The number of hydrogen-bond acceptors (Lipinski definition) is 3. The Morgan fingerprint density at radius 2 is 1.11 bits per heavy atom. The van der Waals surface area contributed by atoms with Crippen LogP contribution in [0.15, 0.2) is 126 Å². The molecule has 0 spiro atoms. The van der Waals surface area contributed by atoms with Gasteiger partial charge >= 0.3 is 0 Å². The SMILES string of the molecule is CCC1=C(C)/C2=C/c3[n-]c(c(C)c3CC)/C(c3cccc4cc5cccc(/C6=C7/NC(/C=c8\[nH]/c(c(CC)c8C)=C\C8=NC(=C\c9[nH]c6c(C)c9CC)/C(C)=C8CC)C(CC)=C7C)c5cc34)=C3\[N-]C(/C=c4\[n-]/c(c(CC)c4C)=C\C1=N2)C(CC)=C3C.[Cu]. The summed E-state index contributed by atoms with van der Waals surface area (Å²) in [5.74, 6) is 0. The summed E-state index contributed by atoms with van der Waals surface area (Å²) in [7, 11) is 0. The van der Waals surface area contributed by atoms with Crippen molar-refractivity contribution in [3.8, 4) is 0 Å². The normalized spacial score (nSPS) is 22.7. The number of H-pyrrole nitrogens is 2. The predicted molar refractivity (Wildman–Crippen MR) is 364 cm³/mol. The van der Waals surface area contributed by atoms with Crippen molar-refractivity contribution in [3.05, 3.63) is 221 Å². The van der Waals surface area contributed by atoms with Crippen molar-refractivity contribution < 1.29 is 17.1 Å². The van der Waals surface area contributed by atoms with E-state index >= 15 is 0 Å². The van der Waals surface area contributed by atoms with Gasteiger partial charge in [0.2, 0.25) is 0 Å². The van der Waals surface area contributed by atoms with E-state index in [1.54, 1.807) is 0 Å². The van der Waals surface area contributed by atoms with Gasteiger partial charge in [0.25, 0.3) is 0 Å². The zero-order valence-corrected chi connectivity index (χ0v) is 54.9. The number of allylic oxidation sites excluding steroid dienone is 6. The molecular weight excluding hydrogens is 1110 g/mol. The Balaban J connectivity index is 0.00000739. The van der Waals surface area contributed by atoms with E-state index in [1.165, 1.54) is 116 Å². The fraction of sp³-hybridized carbons (Fsp3) is 0.333. The van der Waals surface area contributed by atoms with Gasteiger partial charge in [-0.2, -0.15) is 0 Å². The van der Waals surface area contributed by atoms with Crippen molar-refractivity contribution in [3.63, 3.8) is 0 Å². The molecule has 2 unspecified atom stereocenters. The van der Waals surface area contributed by atoms with Crippen molar-refractivity contribution in [1.29, 1.82) is 0 Å². The third-order valence-corrected chi connectivity index (χ3v) is 20.4. The Morgan fingerprint density at radius 1 is 0.494 bits per heavy atom. The summed E-state index contributed by atoms with van der Waals surface area (Å²) in [6.45, 7) is 36.4. The van der Waals surface area contributed by atoms with Crippen LogP contribution in [0.2, 0.25) is 0 Å². The summed E-state index contributed by atoms with van der Waals surface area (Å²) in [5.41, 5.74) is 35.3. The number of fused-ring (bicyclic) bond motifs is 16. The van der Waals surface area contributed by atoms with Crippen LogP contribution >= 0.6 is 0 Å². The molecule has 449 valence electrons. The second kappa shape index (κ2) is 23.0. The molecule has 7 aromatic rings. The molecular formula is C78H83CuN8-3. The number of aromatic amines is 2. The first-order valence-electron chi connectivity index (χ1n) is 32.1. The van der Waals surface area contributed by atoms with Crippen LogP contribution in [0.5, 0.6) is 0 Å². The zero-order valence-electron chi connectivity index (χ0n) is 53.9. The quantitative estimate of drug-likeness (QED) is 0.0937. The van der Waals surface area contributed by atoms with Crippen LogP contribution < -0.4 is 36.7 Å². The first-order chi connectivity index (χ1) is 41.6. The van der Waals surface area contributed by atoms with Gasteiger partial charge < -0.3 is 30.6 Å². The summed E-state index contributed by atoms with van der Waals surface area (Å²) in [6.07, 6.45) is 21.0. The molecule has 13 rings (SSSR count). The first kappa shape index (κ1) is 59.5. The number of aliphatic imine (C=N–C) groups is 2. The van der Waals surface area contributed by atoms with E-state index in [-0.39, 0.29) is 29.2 Å². The van der Waals surface area contributed by atoms with Crippen molar-refractivity contribution in [2.75, 3.05) is 0 Å². The molecule has 0 aliphatic carbocycles. The number of hydrogen-bond donors (Lipinski definition) is 3. The molecule has 0 fully saturated rings. The Hall–Kier alpha value is -7.84. The summed E-state index contributed by atoms with van der Waals surface area (Å²) >= 11 is 0. The minimum atomic E-state index is -0.180. The molecule has 9 heteroatoms. The van der Waals surface area contributed by atoms with Crippen LogP contribution in [0.3, 0.4) is 0 Å². The average Bonchev–Trinajstić information content (AvgIpc) is 1.82. The molecule has 8 nitrogen and oxygen atoms in total. The Labute approximate surface area is 525 Å². The molecule has 3 N–H and O–H groups in total. The second-order valence-corrected chi connectivity index (χ2v) is 24.6. The minimum absolute atomic E-state index is 0. The molecule has 16 bridgehead atoms. The molecule has 6 aliphatic rings. The van der Waals surface area contributed by atoms with Gasteiger partial charge in [-0.25, -0.2) is 9.98 Å². The molecule has 3 aromatic carbocycles.